The van der Waals surface area contributed by atoms with Crippen molar-refractivity contribution in [3.05, 3.63) is 88.0 Å². The minimum absolute atomic E-state index is 0.0875. The van der Waals surface area contributed by atoms with Crippen LogP contribution in [0.4, 0.5) is 0 Å². The second-order valence-electron chi connectivity index (χ2n) is 7.08. The summed E-state index contributed by atoms with van der Waals surface area (Å²) in [6, 6.07) is 18.3. The van der Waals surface area contributed by atoms with Crippen molar-refractivity contribution in [1.29, 1.82) is 0 Å². The smallest absolute Gasteiger partial charge is 0.261 e. The number of aromatic amines is 1. The Balaban J connectivity index is 1.97. The first kappa shape index (κ1) is 15.7. The van der Waals surface area contributed by atoms with Gasteiger partial charge in [0.15, 0.2) is 0 Å². The Labute approximate surface area is 146 Å². The summed E-state index contributed by atoms with van der Waals surface area (Å²) in [4.78, 5) is 16.8. The summed E-state index contributed by atoms with van der Waals surface area (Å²) in [5.74, 6) is 0.480. The Morgan fingerprint density at radius 3 is 2.48 bits per heavy atom. The Hall–Kier alpha value is -2.81. The molecule has 0 saturated carbocycles. The van der Waals surface area contributed by atoms with Crippen molar-refractivity contribution in [3.63, 3.8) is 0 Å². The molecule has 0 unspecified atom stereocenters. The molecule has 1 N–H and O–H groups in total. The van der Waals surface area contributed by atoms with Crippen molar-refractivity contribution in [2.24, 2.45) is 5.92 Å². The first-order valence-corrected chi connectivity index (χ1v) is 8.81. The molecular formula is C22H22N2O. The van der Waals surface area contributed by atoms with Crippen LogP contribution >= 0.6 is 0 Å². The van der Waals surface area contributed by atoms with Crippen LogP contribution in [0.2, 0.25) is 0 Å². The molecule has 0 aliphatic rings. The maximum atomic E-state index is 13.2. The van der Waals surface area contributed by atoms with E-state index in [2.05, 4.69) is 43.1 Å². The molecule has 0 bridgehead atoms. The van der Waals surface area contributed by atoms with Crippen molar-refractivity contribution in [2.45, 2.75) is 26.7 Å². The Kier molecular flexibility index (Phi) is 3.92. The molecule has 126 valence electrons. The maximum absolute atomic E-state index is 13.2. The number of rotatable bonds is 4. The van der Waals surface area contributed by atoms with E-state index < -0.39 is 0 Å². The quantitative estimate of drug-likeness (QED) is 0.585. The van der Waals surface area contributed by atoms with Gasteiger partial charge in [0.05, 0.1) is 0 Å². The zero-order valence-corrected chi connectivity index (χ0v) is 14.6. The summed E-state index contributed by atoms with van der Waals surface area (Å²) in [5.41, 5.74) is 4.07. The average molecular weight is 330 g/mol. The molecule has 4 rings (SSSR count). The van der Waals surface area contributed by atoms with Crippen molar-refractivity contribution in [2.75, 3.05) is 0 Å². The largest absolute Gasteiger partial charge is 0.344 e. The summed E-state index contributed by atoms with van der Waals surface area (Å²) in [7, 11) is 0. The zero-order chi connectivity index (χ0) is 17.4. The van der Waals surface area contributed by atoms with E-state index in [9.17, 15) is 4.79 Å². The molecule has 0 saturated heterocycles. The summed E-state index contributed by atoms with van der Waals surface area (Å²) < 4.78 is 1.77. The third kappa shape index (κ3) is 2.86. The Morgan fingerprint density at radius 2 is 1.72 bits per heavy atom. The van der Waals surface area contributed by atoms with E-state index in [-0.39, 0.29) is 5.56 Å². The number of H-pyrrole nitrogens is 1. The molecule has 0 aliphatic carbocycles. The first-order valence-electron chi connectivity index (χ1n) is 8.81. The van der Waals surface area contributed by atoms with Crippen LogP contribution in [0.15, 0.2) is 65.6 Å². The monoisotopic (exact) mass is 330 g/mol. The normalized spacial score (nSPS) is 11.6. The van der Waals surface area contributed by atoms with Gasteiger partial charge in [-0.2, -0.15) is 0 Å². The Morgan fingerprint density at radius 1 is 1.00 bits per heavy atom. The molecule has 3 nitrogen and oxygen atoms in total. The van der Waals surface area contributed by atoms with Gasteiger partial charge in [-0.15, -0.1) is 0 Å². The van der Waals surface area contributed by atoms with Gasteiger partial charge in [-0.1, -0.05) is 68.4 Å². The van der Waals surface area contributed by atoms with E-state index >= 15 is 0 Å². The molecule has 0 aliphatic heterocycles. The number of nitrogens with zero attached hydrogens (tertiary/aromatic N) is 1. The summed E-state index contributed by atoms with van der Waals surface area (Å²) >= 11 is 0. The SMILES string of the molecule is CC(C)Cc1[nH]c2c3ccccc3cn2c(=O)c1Cc1ccccc1. The molecule has 0 spiro atoms. The van der Waals surface area contributed by atoms with Crippen LogP contribution in [0.3, 0.4) is 0 Å². The van der Waals surface area contributed by atoms with Crippen LogP contribution in [-0.2, 0) is 12.8 Å². The third-order valence-electron chi connectivity index (χ3n) is 4.67. The first-order chi connectivity index (χ1) is 12.1. The van der Waals surface area contributed by atoms with Crippen LogP contribution in [0.1, 0.15) is 30.7 Å². The second-order valence-corrected chi connectivity index (χ2v) is 7.08. The zero-order valence-electron chi connectivity index (χ0n) is 14.6. The lowest BCUT2D eigenvalue weighted by molar-refractivity contribution is 0.629. The molecule has 0 radical (unpaired) electrons. The van der Waals surface area contributed by atoms with E-state index in [1.807, 2.05) is 36.5 Å². The summed E-state index contributed by atoms with van der Waals surface area (Å²) in [6.07, 6.45) is 3.47. The number of benzene rings is 2. The van der Waals surface area contributed by atoms with E-state index in [1.54, 1.807) is 4.40 Å². The highest BCUT2D eigenvalue weighted by molar-refractivity contribution is 5.95. The van der Waals surface area contributed by atoms with Gasteiger partial charge >= 0.3 is 0 Å². The van der Waals surface area contributed by atoms with Crippen LogP contribution < -0.4 is 5.56 Å². The van der Waals surface area contributed by atoms with Gasteiger partial charge in [-0.05, 0) is 17.9 Å². The molecule has 2 heterocycles. The van der Waals surface area contributed by atoms with Gasteiger partial charge < -0.3 is 4.98 Å². The number of aromatic nitrogens is 2. The van der Waals surface area contributed by atoms with Gasteiger partial charge in [-0.25, -0.2) is 0 Å². The van der Waals surface area contributed by atoms with Crippen LogP contribution in [0.25, 0.3) is 16.4 Å². The molecule has 4 aromatic rings. The second kappa shape index (κ2) is 6.25. The van der Waals surface area contributed by atoms with Crippen molar-refractivity contribution < 1.29 is 0 Å². The van der Waals surface area contributed by atoms with Crippen LogP contribution in [-0.4, -0.2) is 9.38 Å². The Bertz CT molecular complexity index is 1090. The lowest BCUT2D eigenvalue weighted by Crippen LogP contribution is -2.22. The number of hydrogen-bond acceptors (Lipinski definition) is 1. The molecule has 2 aromatic heterocycles. The number of nitrogens with one attached hydrogen (secondary N) is 1. The highest BCUT2D eigenvalue weighted by atomic mass is 16.1. The minimum Gasteiger partial charge on any atom is -0.344 e. The van der Waals surface area contributed by atoms with Crippen molar-refractivity contribution >= 4 is 16.4 Å². The molecule has 0 atom stereocenters. The predicted octanol–water partition coefficient (Wildman–Crippen LogP) is 4.57. The van der Waals surface area contributed by atoms with Gasteiger partial charge in [-0.3, -0.25) is 9.20 Å². The van der Waals surface area contributed by atoms with Crippen molar-refractivity contribution in [1.82, 2.24) is 9.38 Å². The van der Waals surface area contributed by atoms with Gasteiger partial charge in [0.2, 0.25) is 0 Å². The highest BCUT2D eigenvalue weighted by Crippen LogP contribution is 2.22. The van der Waals surface area contributed by atoms with Gasteiger partial charge in [0.1, 0.15) is 5.65 Å². The predicted molar refractivity (Wildman–Crippen MR) is 103 cm³/mol. The van der Waals surface area contributed by atoms with Crippen LogP contribution in [0.5, 0.6) is 0 Å². The lowest BCUT2D eigenvalue weighted by Gasteiger charge is -2.13. The maximum Gasteiger partial charge on any atom is 0.261 e. The molecular weight excluding hydrogens is 308 g/mol. The van der Waals surface area contributed by atoms with E-state index in [0.717, 1.165) is 39.7 Å². The third-order valence-corrected chi connectivity index (χ3v) is 4.67. The molecule has 25 heavy (non-hydrogen) atoms. The fourth-order valence-electron chi connectivity index (χ4n) is 3.50. The standard InChI is InChI=1S/C22H22N2O/c1-15(2)12-20-19(13-16-8-4-3-5-9-16)22(25)24-14-17-10-6-7-11-18(17)21(24)23-20/h3-11,14-15,23H,12-13H2,1-2H3. The van der Waals surface area contributed by atoms with Crippen LogP contribution in [0, 0.1) is 5.92 Å². The summed E-state index contributed by atoms with van der Waals surface area (Å²) in [5, 5.41) is 2.18. The van der Waals surface area contributed by atoms with Crippen molar-refractivity contribution in [3.8, 4) is 0 Å². The van der Waals surface area contributed by atoms with E-state index in [4.69, 9.17) is 0 Å². The number of hydrogen-bond donors (Lipinski definition) is 1. The minimum atomic E-state index is 0.0875. The fraction of sp³-hybridized carbons (Fsp3) is 0.227. The summed E-state index contributed by atoms with van der Waals surface area (Å²) in [6.45, 7) is 4.37. The molecule has 0 amide bonds. The van der Waals surface area contributed by atoms with E-state index in [1.165, 1.54) is 0 Å². The topological polar surface area (TPSA) is 37.3 Å². The van der Waals surface area contributed by atoms with E-state index in [0.29, 0.717) is 12.3 Å². The lowest BCUT2D eigenvalue weighted by atomic mass is 9.99. The van der Waals surface area contributed by atoms with Gasteiger partial charge in [0.25, 0.3) is 5.56 Å². The van der Waals surface area contributed by atoms with Gasteiger partial charge in [0, 0.05) is 34.6 Å². The average Bonchev–Trinajstić information content (AvgIpc) is 2.98. The fourth-order valence-corrected chi connectivity index (χ4v) is 3.50. The molecule has 3 heteroatoms. The molecule has 2 aromatic carbocycles. The highest BCUT2D eigenvalue weighted by Gasteiger charge is 2.15. The molecule has 0 fully saturated rings. The number of fused-ring (bicyclic) bond motifs is 3.